The molecule has 0 radical (unpaired) electrons. The van der Waals surface area contributed by atoms with Gasteiger partial charge >= 0.3 is 0 Å². The van der Waals surface area contributed by atoms with Crippen LogP contribution in [0.2, 0.25) is 0 Å². The Bertz CT molecular complexity index is 861. The Labute approximate surface area is 167 Å². The van der Waals surface area contributed by atoms with Crippen molar-refractivity contribution in [2.24, 2.45) is 0 Å². The SMILES string of the molecule is Cc1ccc(NC(=O)C(C)NC2CCN(c3ccc(C#N)cc3)CC2)c(C)c1. The maximum Gasteiger partial charge on any atom is 0.241 e. The normalized spacial score (nSPS) is 15.7. The fourth-order valence-corrected chi connectivity index (χ4v) is 3.68. The number of hydrogen-bond acceptors (Lipinski definition) is 4. The van der Waals surface area contributed by atoms with Gasteiger partial charge < -0.3 is 15.5 Å². The first-order valence-corrected chi connectivity index (χ1v) is 9.85. The van der Waals surface area contributed by atoms with Gasteiger partial charge in [0.25, 0.3) is 0 Å². The van der Waals surface area contributed by atoms with Gasteiger partial charge in [-0.2, -0.15) is 5.26 Å². The number of nitrogens with zero attached hydrogens (tertiary/aromatic N) is 2. The summed E-state index contributed by atoms with van der Waals surface area (Å²) in [6, 6.07) is 16.0. The minimum absolute atomic E-state index is 0.00137. The molecule has 1 atom stereocenters. The standard InChI is InChI=1S/C23H28N4O/c1-16-4-9-22(17(2)14-16)26-23(28)18(3)25-20-10-12-27(13-11-20)21-7-5-19(15-24)6-8-21/h4-9,14,18,20,25H,10-13H2,1-3H3,(H,26,28). The molecule has 0 aliphatic carbocycles. The molecular weight excluding hydrogens is 348 g/mol. The maximum atomic E-state index is 12.6. The number of amides is 1. The first kappa shape index (κ1) is 19.9. The van der Waals surface area contributed by atoms with E-state index in [9.17, 15) is 4.79 Å². The molecule has 5 nitrogen and oxygen atoms in total. The zero-order valence-electron chi connectivity index (χ0n) is 16.8. The summed E-state index contributed by atoms with van der Waals surface area (Å²) in [4.78, 5) is 14.9. The van der Waals surface area contributed by atoms with E-state index in [1.165, 1.54) is 5.56 Å². The Morgan fingerprint density at radius 3 is 2.43 bits per heavy atom. The lowest BCUT2D eigenvalue weighted by atomic mass is 10.0. The lowest BCUT2D eigenvalue weighted by molar-refractivity contribution is -0.118. The molecule has 28 heavy (non-hydrogen) atoms. The third-order valence-corrected chi connectivity index (χ3v) is 5.38. The summed E-state index contributed by atoms with van der Waals surface area (Å²) in [5.74, 6) is 0.00137. The van der Waals surface area contributed by atoms with Crippen LogP contribution in [0.15, 0.2) is 42.5 Å². The summed E-state index contributed by atoms with van der Waals surface area (Å²) in [5, 5.41) is 15.4. The van der Waals surface area contributed by atoms with Crippen LogP contribution in [0.4, 0.5) is 11.4 Å². The van der Waals surface area contributed by atoms with Crippen LogP contribution in [-0.4, -0.2) is 31.1 Å². The van der Waals surface area contributed by atoms with E-state index in [0.29, 0.717) is 11.6 Å². The molecule has 1 amide bonds. The second-order valence-corrected chi connectivity index (χ2v) is 7.62. The van der Waals surface area contributed by atoms with Crippen molar-refractivity contribution in [3.8, 4) is 6.07 Å². The molecular formula is C23H28N4O. The van der Waals surface area contributed by atoms with E-state index in [1.807, 2.05) is 57.2 Å². The van der Waals surface area contributed by atoms with E-state index in [-0.39, 0.29) is 11.9 Å². The molecule has 1 aliphatic rings. The molecule has 1 unspecified atom stereocenters. The van der Waals surface area contributed by atoms with Crippen molar-refractivity contribution in [2.75, 3.05) is 23.3 Å². The molecule has 1 heterocycles. The van der Waals surface area contributed by atoms with Crippen molar-refractivity contribution in [2.45, 2.75) is 45.7 Å². The number of piperidine rings is 1. The second kappa shape index (κ2) is 8.90. The first-order valence-electron chi connectivity index (χ1n) is 9.85. The van der Waals surface area contributed by atoms with Gasteiger partial charge in [0.2, 0.25) is 5.91 Å². The molecule has 1 aliphatic heterocycles. The van der Waals surface area contributed by atoms with E-state index in [4.69, 9.17) is 5.26 Å². The zero-order valence-corrected chi connectivity index (χ0v) is 16.8. The Balaban J connectivity index is 1.49. The van der Waals surface area contributed by atoms with Crippen molar-refractivity contribution in [3.63, 3.8) is 0 Å². The van der Waals surface area contributed by atoms with Crippen molar-refractivity contribution in [1.29, 1.82) is 5.26 Å². The van der Waals surface area contributed by atoms with Gasteiger partial charge in [-0.05, 0) is 69.5 Å². The molecule has 2 aromatic carbocycles. The molecule has 2 N–H and O–H groups in total. The Morgan fingerprint density at radius 2 is 1.82 bits per heavy atom. The first-order chi connectivity index (χ1) is 13.5. The average molecular weight is 377 g/mol. The summed E-state index contributed by atoms with van der Waals surface area (Å²) in [6.07, 6.45) is 1.97. The largest absolute Gasteiger partial charge is 0.371 e. The summed E-state index contributed by atoms with van der Waals surface area (Å²) >= 11 is 0. The number of aryl methyl sites for hydroxylation is 2. The molecule has 3 rings (SSSR count). The van der Waals surface area contributed by atoms with E-state index in [2.05, 4.69) is 27.7 Å². The highest BCUT2D eigenvalue weighted by atomic mass is 16.2. The number of anilines is 2. The molecule has 0 bridgehead atoms. The highest BCUT2D eigenvalue weighted by Crippen LogP contribution is 2.21. The van der Waals surface area contributed by atoms with Gasteiger partial charge in [-0.1, -0.05) is 17.7 Å². The molecule has 146 valence electrons. The second-order valence-electron chi connectivity index (χ2n) is 7.62. The van der Waals surface area contributed by atoms with Crippen LogP contribution in [0.3, 0.4) is 0 Å². The predicted octanol–water partition coefficient (Wildman–Crippen LogP) is 3.76. The number of benzene rings is 2. The Kier molecular flexibility index (Phi) is 6.33. The molecule has 1 saturated heterocycles. The smallest absolute Gasteiger partial charge is 0.241 e. The number of nitriles is 1. The minimum atomic E-state index is -0.243. The van der Waals surface area contributed by atoms with Crippen molar-refractivity contribution >= 4 is 17.3 Å². The van der Waals surface area contributed by atoms with Crippen LogP contribution in [-0.2, 0) is 4.79 Å². The molecule has 0 aromatic heterocycles. The summed E-state index contributed by atoms with van der Waals surface area (Å²) in [7, 11) is 0. The molecule has 5 heteroatoms. The van der Waals surface area contributed by atoms with Gasteiger partial charge in [0.15, 0.2) is 0 Å². The van der Waals surface area contributed by atoms with Gasteiger partial charge in [0, 0.05) is 30.5 Å². The predicted molar refractivity (Wildman–Crippen MR) is 114 cm³/mol. The van der Waals surface area contributed by atoms with E-state index < -0.39 is 0 Å². The summed E-state index contributed by atoms with van der Waals surface area (Å²) < 4.78 is 0. The number of hydrogen-bond donors (Lipinski definition) is 2. The van der Waals surface area contributed by atoms with Gasteiger partial charge in [0.1, 0.15) is 0 Å². The summed E-state index contributed by atoms with van der Waals surface area (Å²) in [6.45, 7) is 7.86. The van der Waals surface area contributed by atoms with Gasteiger partial charge in [-0.25, -0.2) is 0 Å². The molecule has 1 fully saturated rings. The number of carbonyl (C=O) groups excluding carboxylic acids is 1. The van der Waals surface area contributed by atoms with Crippen LogP contribution >= 0.6 is 0 Å². The van der Waals surface area contributed by atoms with E-state index >= 15 is 0 Å². The van der Waals surface area contributed by atoms with Gasteiger partial charge in [-0.3, -0.25) is 4.79 Å². The molecule has 0 spiro atoms. The zero-order chi connectivity index (χ0) is 20.1. The number of carbonyl (C=O) groups is 1. The Morgan fingerprint density at radius 1 is 1.14 bits per heavy atom. The third-order valence-electron chi connectivity index (χ3n) is 5.38. The fourth-order valence-electron chi connectivity index (χ4n) is 3.68. The van der Waals surface area contributed by atoms with Crippen LogP contribution in [0.5, 0.6) is 0 Å². The van der Waals surface area contributed by atoms with Crippen molar-refractivity contribution in [1.82, 2.24) is 5.32 Å². The monoisotopic (exact) mass is 376 g/mol. The third kappa shape index (κ3) is 4.90. The minimum Gasteiger partial charge on any atom is -0.371 e. The average Bonchev–Trinajstić information content (AvgIpc) is 2.70. The highest BCUT2D eigenvalue weighted by Gasteiger charge is 2.23. The highest BCUT2D eigenvalue weighted by molar-refractivity contribution is 5.95. The quantitative estimate of drug-likeness (QED) is 0.834. The van der Waals surface area contributed by atoms with Crippen LogP contribution in [0.1, 0.15) is 36.5 Å². The van der Waals surface area contributed by atoms with Crippen molar-refractivity contribution < 1.29 is 4.79 Å². The fraction of sp³-hybridized carbons (Fsp3) is 0.391. The molecule has 2 aromatic rings. The van der Waals surface area contributed by atoms with Crippen molar-refractivity contribution in [3.05, 3.63) is 59.2 Å². The van der Waals surface area contributed by atoms with E-state index in [0.717, 1.165) is 42.9 Å². The maximum absolute atomic E-state index is 12.6. The van der Waals surface area contributed by atoms with Crippen LogP contribution in [0.25, 0.3) is 0 Å². The molecule has 0 saturated carbocycles. The Hall–Kier alpha value is -2.84. The van der Waals surface area contributed by atoms with Crippen LogP contribution in [0, 0.1) is 25.2 Å². The van der Waals surface area contributed by atoms with E-state index in [1.54, 1.807) is 0 Å². The van der Waals surface area contributed by atoms with Crippen LogP contribution < -0.4 is 15.5 Å². The van der Waals surface area contributed by atoms with Gasteiger partial charge in [0.05, 0.1) is 17.7 Å². The summed E-state index contributed by atoms with van der Waals surface area (Å²) in [5.41, 5.74) is 4.98. The number of rotatable bonds is 5. The lowest BCUT2D eigenvalue weighted by Crippen LogP contribution is -2.49. The number of nitrogens with one attached hydrogen (secondary N) is 2. The lowest BCUT2D eigenvalue weighted by Gasteiger charge is -2.35. The van der Waals surface area contributed by atoms with Gasteiger partial charge in [-0.15, -0.1) is 0 Å². The topological polar surface area (TPSA) is 68.2 Å².